The van der Waals surface area contributed by atoms with Crippen molar-refractivity contribution in [2.75, 3.05) is 5.32 Å². The van der Waals surface area contributed by atoms with Crippen molar-refractivity contribution < 1.29 is 19.1 Å². The number of amides is 1. The predicted molar refractivity (Wildman–Crippen MR) is 111 cm³/mol. The molecule has 0 aromatic heterocycles. The van der Waals surface area contributed by atoms with Gasteiger partial charge in [-0.3, -0.25) is 9.59 Å². The van der Waals surface area contributed by atoms with Gasteiger partial charge in [0.1, 0.15) is 0 Å². The van der Waals surface area contributed by atoms with Crippen LogP contribution in [0, 0.1) is 0 Å². The summed E-state index contributed by atoms with van der Waals surface area (Å²) in [6.07, 6.45) is -0.626. The maximum Gasteiger partial charge on any atom is 0.338 e. The average molecular weight is 387 g/mol. The molecule has 0 spiro atoms. The van der Waals surface area contributed by atoms with Gasteiger partial charge >= 0.3 is 5.97 Å². The third-order valence-corrected chi connectivity index (χ3v) is 4.32. The second kappa shape index (κ2) is 9.46. The van der Waals surface area contributed by atoms with E-state index in [1.54, 1.807) is 55.5 Å². The summed E-state index contributed by atoms with van der Waals surface area (Å²) in [5.74, 6) is -0.999. The lowest BCUT2D eigenvalue weighted by atomic mass is 10.1. The summed E-state index contributed by atoms with van der Waals surface area (Å²) in [6, 6.07) is 24.5. The number of benzene rings is 3. The zero-order chi connectivity index (χ0) is 20.6. The Morgan fingerprint density at radius 3 is 2.00 bits per heavy atom. The van der Waals surface area contributed by atoms with Gasteiger partial charge in [0, 0.05) is 11.3 Å². The largest absolute Gasteiger partial charge is 0.451 e. The molecule has 0 fully saturated rings. The van der Waals surface area contributed by atoms with Crippen LogP contribution in [0.4, 0.5) is 5.69 Å². The van der Waals surface area contributed by atoms with Gasteiger partial charge in [-0.15, -0.1) is 0 Å². The van der Waals surface area contributed by atoms with E-state index in [9.17, 15) is 14.4 Å². The Balaban J connectivity index is 1.55. The Labute approximate surface area is 169 Å². The summed E-state index contributed by atoms with van der Waals surface area (Å²) in [5.41, 5.74) is 2.29. The number of carbonyl (C=O) groups excluding carboxylic acids is 3. The monoisotopic (exact) mass is 387 g/mol. The summed E-state index contributed by atoms with van der Waals surface area (Å²) in [6.45, 7) is 1.55. The summed E-state index contributed by atoms with van der Waals surface area (Å²) >= 11 is 0. The van der Waals surface area contributed by atoms with Gasteiger partial charge in [-0.2, -0.15) is 0 Å². The minimum atomic E-state index is -0.893. The van der Waals surface area contributed by atoms with Gasteiger partial charge in [0.15, 0.2) is 6.10 Å². The summed E-state index contributed by atoms with van der Waals surface area (Å²) in [7, 11) is 0. The molecule has 0 radical (unpaired) electrons. The predicted octanol–water partition coefficient (Wildman–Crippen LogP) is 4.30. The van der Waals surface area contributed by atoms with Gasteiger partial charge in [0.05, 0.1) is 12.0 Å². The van der Waals surface area contributed by atoms with E-state index in [0.29, 0.717) is 16.8 Å². The number of hydrogen-bond acceptors (Lipinski definition) is 4. The average Bonchev–Trinajstić information content (AvgIpc) is 2.75. The molecule has 0 unspecified atom stereocenters. The highest BCUT2D eigenvalue weighted by Crippen LogP contribution is 2.14. The normalized spacial score (nSPS) is 11.3. The molecule has 0 heterocycles. The van der Waals surface area contributed by atoms with Crippen LogP contribution in [-0.2, 0) is 16.0 Å². The smallest absolute Gasteiger partial charge is 0.338 e. The molecular formula is C24H21NO4. The molecule has 0 saturated heterocycles. The first kappa shape index (κ1) is 20.0. The molecule has 3 aromatic carbocycles. The summed E-state index contributed by atoms with van der Waals surface area (Å²) in [4.78, 5) is 36.7. The van der Waals surface area contributed by atoms with Crippen molar-refractivity contribution in [1.29, 1.82) is 0 Å². The van der Waals surface area contributed by atoms with Crippen LogP contribution in [0.15, 0.2) is 84.9 Å². The third kappa shape index (κ3) is 5.62. The maximum absolute atomic E-state index is 12.3. The molecule has 5 heteroatoms. The first-order chi connectivity index (χ1) is 14.0. The fourth-order valence-corrected chi connectivity index (χ4v) is 2.80. The molecule has 1 N–H and O–H groups in total. The van der Waals surface area contributed by atoms with Crippen molar-refractivity contribution in [3.63, 3.8) is 0 Å². The number of anilines is 1. The Morgan fingerprint density at radius 2 is 1.38 bits per heavy atom. The summed E-state index contributed by atoms with van der Waals surface area (Å²) < 4.78 is 5.28. The lowest BCUT2D eigenvalue weighted by Gasteiger charge is -2.12. The molecule has 146 valence electrons. The van der Waals surface area contributed by atoms with Crippen LogP contribution in [0.1, 0.15) is 33.2 Å². The number of nitrogens with one attached hydrogen (secondary N) is 1. The van der Waals surface area contributed by atoms with Gasteiger partial charge in [-0.25, -0.2) is 4.79 Å². The van der Waals surface area contributed by atoms with E-state index in [-0.39, 0.29) is 18.1 Å². The van der Waals surface area contributed by atoms with E-state index in [4.69, 9.17) is 4.74 Å². The van der Waals surface area contributed by atoms with Crippen molar-refractivity contribution >= 4 is 23.3 Å². The Hall–Kier alpha value is -3.73. The SMILES string of the molecule is C[C@@H](OC(=O)c1ccc(NC(=O)Cc2ccccc2)cc1)C(=O)c1ccccc1. The highest BCUT2D eigenvalue weighted by atomic mass is 16.5. The van der Waals surface area contributed by atoms with Crippen molar-refractivity contribution in [3.05, 3.63) is 102 Å². The fourth-order valence-electron chi connectivity index (χ4n) is 2.80. The van der Waals surface area contributed by atoms with Gasteiger partial charge in [-0.05, 0) is 36.8 Å². The Bertz CT molecular complexity index is 982. The minimum absolute atomic E-state index is 0.145. The number of Topliss-reactive ketones (excluding diaryl/α,β-unsaturated/α-hetero) is 1. The van der Waals surface area contributed by atoms with Crippen LogP contribution >= 0.6 is 0 Å². The molecule has 1 atom stereocenters. The second-order valence-electron chi connectivity index (χ2n) is 6.57. The van der Waals surface area contributed by atoms with E-state index in [2.05, 4.69) is 5.32 Å². The van der Waals surface area contributed by atoms with E-state index in [1.807, 2.05) is 36.4 Å². The Kier molecular flexibility index (Phi) is 6.53. The number of esters is 1. The first-order valence-corrected chi connectivity index (χ1v) is 9.27. The second-order valence-corrected chi connectivity index (χ2v) is 6.57. The quantitative estimate of drug-likeness (QED) is 0.485. The van der Waals surface area contributed by atoms with Crippen LogP contribution in [0.2, 0.25) is 0 Å². The van der Waals surface area contributed by atoms with E-state index >= 15 is 0 Å². The molecule has 0 aliphatic carbocycles. The molecule has 5 nitrogen and oxygen atoms in total. The number of rotatable bonds is 7. The fraction of sp³-hybridized carbons (Fsp3) is 0.125. The van der Waals surface area contributed by atoms with Crippen LogP contribution in [0.3, 0.4) is 0 Å². The molecule has 0 bridgehead atoms. The van der Waals surface area contributed by atoms with Crippen LogP contribution in [0.5, 0.6) is 0 Å². The van der Waals surface area contributed by atoms with E-state index < -0.39 is 12.1 Å². The van der Waals surface area contributed by atoms with Crippen LogP contribution in [0.25, 0.3) is 0 Å². The van der Waals surface area contributed by atoms with E-state index in [1.165, 1.54) is 0 Å². The number of ketones is 1. The minimum Gasteiger partial charge on any atom is -0.451 e. The van der Waals surface area contributed by atoms with Crippen LogP contribution < -0.4 is 5.32 Å². The lowest BCUT2D eigenvalue weighted by Crippen LogP contribution is -2.24. The molecule has 3 aromatic rings. The highest BCUT2D eigenvalue weighted by Gasteiger charge is 2.20. The van der Waals surface area contributed by atoms with Gasteiger partial charge in [-0.1, -0.05) is 60.7 Å². The standard InChI is InChI=1S/C24H21NO4/c1-17(23(27)19-10-6-3-7-11-19)29-24(28)20-12-14-21(15-13-20)25-22(26)16-18-8-4-2-5-9-18/h2-15,17H,16H2,1H3,(H,25,26)/t17-/m1/s1. The van der Waals surface area contributed by atoms with Gasteiger partial charge in [0.2, 0.25) is 11.7 Å². The molecule has 0 aliphatic heterocycles. The van der Waals surface area contributed by atoms with Gasteiger partial charge in [0.25, 0.3) is 0 Å². The molecule has 1 amide bonds. The van der Waals surface area contributed by atoms with Crippen molar-refractivity contribution in [3.8, 4) is 0 Å². The number of ether oxygens (including phenoxy) is 1. The molecule has 29 heavy (non-hydrogen) atoms. The number of carbonyl (C=O) groups is 3. The van der Waals surface area contributed by atoms with Crippen molar-refractivity contribution in [1.82, 2.24) is 0 Å². The zero-order valence-corrected chi connectivity index (χ0v) is 16.0. The first-order valence-electron chi connectivity index (χ1n) is 9.27. The molecular weight excluding hydrogens is 366 g/mol. The topological polar surface area (TPSA) is 72.5 Å². The summed E-state index contributed by atoms with van der Waals surface area (Å²) in [5, 5.41) is 2.79. The molecule has 3 rings (SSSR count). The zero-order valence-electron chi connectivity index (χ0n) is 16.0. The van der Waals surface area contributed by atoms with E-state index in [0.717, 1.165) is 5.56 Å². The Morgan fingerprint density at radius 1 is 0.793 bits per heavy atom. The van der Waals surface area contributed by atoms with Crippen molar-refractivity contribution in [2.24, 2.45) is 0 Å². The lowest BCUT2D eigenvalue weighted by molar-refractivity contribution is -0.115. The molecule has 0 aliphatic rings. The highest BCUT2D eigenvalue weighted by molar-refractivity contribution is 6.01. The van der Waals surface area contributed by atoms with Gasteiger partial charge < -0.3 is 10.1 Å². The van der Waals surface area contributed by atoms with Crippen molar-refractivity contribution in [2.45, 2.75) is 19.4 Å². The third-order valence-electron chi connectivity index (χ3n) is 4.32. The van der Waals surface area contributed by atoms with Crippen LogP contribution in [-0.4, -0.2) is 23.8 Å². The maximum atomic E-state index is 12.3. The number of hydrogen-bond donors (Lipinski definition) is 1. The molecule has 0 saturated carbocycles.